The van der Waals surface area contributed by atoms with Gasteiger partial charge in [-0.25, -0.2) is 4.98 Å². The number of piperidine rings is 1. The largest absolute Gasteiger partial charge is 0.383 e. The standard InChI is InChI=1S/C18H24N4O3/c1-13-12-16(15-4-3-5-17(22(23)24)18(15)19-13)20-14-6-8-21(9-7-14)10-11-25-2/h3-5,12,14H,6-11H2,1-2H3,(H,19,20). The third kappa shape index (κ3) is 4.05. The average molecular weight is 344 g/mol. The van der Waals surface area contributed by atoms with Gasteiger partial charge in [0.05, 0.1) is 11.5 Å². The Bertz CT molecular complexity index is 757. The van der Waals surface area contributed by atoms with E-state index in [-0.39, 0.29) is 10.6 Å². The Kier molecular flexibility index (Phi) is 5.45. The summed E-state index contributed by atoms with van der Waals surface area (Å²) in [5.74, 6) is 0. The first kappa shape index (κ1) is 17.6. The van der Waals surface area contributed by atoms with Gasteiger partial charge in [-0.05, 0) is 25.8 Å². The second-order valence-corrected chi connectivity index (χ2v) is 6.49. The molecule has 1 aliphatic heterocycles. The number of nitro groups is 1. The third-order valence-corrected chi connectivity index (χ3v) is 4.70. The first-order valence-corrected chi connectivity index (χ1v) is 8.61. The van der Waals surface area contributed by atoms with Gasteiger partial charge in [-0.15, -0.1) is 0 Å². The third-order valence-electron chi connectivity index (χ3n) is 4.70. The SMILES string of the molecule is COCCN1CCC(Nc2cc(C)nc3c([N+](=O)[O-])cccc23)CC1. The van der Waals surface area contributed by atoms with Gasteiger partial charge < -0.3 is 15.0 Å². The molecule has 7 heteroatoms. The number of methoxy groups -OCH3 is 1. The lowest BCUT2D eigenvalue weighted by Crippen LogP contribution is -2.40. The Morgan fingerprint density at radius 1 is 1.40 bits per heavy atom. The summed E-state index contributed by atoms with van der Waals surface area (Å²) in [6.45, 7) is 5.66. The number of nitrogens with one attached hydrogen (secondary N) is 1. The molecule has 0 saturated carbocycles. The van der Waals surface area contributed by atoms with Crippen molar-refractivity contribution in [3.63, 3.8) is 0 Å². The number of hydrogen-bond donors (Lipinski definition) is 1. The highest BCUT2D eigenvalue weighted by molar-refractivity contribution is 5.96. The molecule has 0 bridgehead atoms. The Balaban J connectivity index is 1.78. The normalized spacial score (nSPS) is 16.2. The predicted molar refractivity (Wildman–Crippen MR) is 98.1 cm³/mol. The molecule has 0 amide bonds. The van der Waals surface area contributed by atoms with Crippen LogP contribution in [0.4, 0.5) is 11.4 Å². The van der Waals surface area contributed by atoms with Gasteiger partial charge in [-0.2, -0.15) is 0 Å². The van der Waals surface area contributed by atoms with Crippen LogP contribution in [-0.4, -0.2) is 54.2 Å². The molecule has 2 aromatic rings. The number of fused-ring (bicyclic) bond motifs is 1. The van der Waals surface area contributed by atoms with Crippen LogP contribution in [0.1, 0.15) is 18.5 Å². The van der Waals surface area contributed by atoms with E-state index in [1.165, 1.54) is 6.07 Å². The fourth-order valence-corrected chi connectivity index (χ4v) is 3.37. The summed E-state index contributed by atoms with van der Waals surface area (Å²) in [7, 11) is 1.73. The molecule has 0 aliphatic carbocycles. The van der Waals surface area contributed by atoms with E-state index < -0.39 is 0 Å². The second-order valence-electron chi connectivity index (χ2n) is 6.49. The number of aryl methyl sites for hydroxylation is 1. The number of nitrogens with zero attached hydrogens (tertiary/aromatic N) is 3. The lowest BCUT2D eigenvalue weighted by Gasteiger charge is -2.32. The molecule has 0 radical (unpaired) electrons. The summed E-state index contributed by atoms with van der Waals surface area (Å²) >= 11 is 0. The van der Waals surface area contributed by atoms with Crippen molar-refractivity contribution >= 4 is 22.3 Å². The molecule has 134 valence electrons. The van der Waals surface area contributed by atoms with Crippen molar-refractivity contribution in [3.05, 3.63) is 40.1 Å². The number of likely N-dealkylation sites (tertiary alicyclic amines) is 1. The second kappa shape index (κ2) is 7.76. The first-order valence-electron chi connectivity index (χ1n) is 8.61. The quantitative estimate of drug-likeness (QED) is 0.641. The van der Waals surface area contributed by atoms with Crippen LogP contribution in [0.2, 0.25) is 0 Å². The summed E-state index contributed by atoms with van der Waals surface area (Å²) in [6.07, 6.45) is 2.09. The number of benzene rings is 1. The minimum atomic E-state index is -0.368. The molecular formula is C18H24N4O3. The van der Waals surface area contributed by atoms with Gasteiger partial charge in [0.1, 0.15) is 0 Å². The van der Waals surface area contributed by atoms with Crippen molar-refractivity contribution in [3.8, 4) is 0 Å². The van der Waals surface area contributed by atoms with Crippen LogP contribution in [0.15, 0.2) is 24.3 Å². The number of nitro benzene ring substituents is 1. The van der Waals surface area contributed by atoms with Gasteiger partial charge in [0.25, 0.3) is 5.69 Å². The van der Waals surface area contributed by atoms with Gasteiger partial charge in [0.15, 0.2) is 5.52 Å². The van der Waals surface area contributed by atoms with Gasteiger partial charge >= 0.3 is 0 Å². The Morgan fingerprint density at radius 3 is 2.84 bits per heavy atom. The van der Waals surface area contributed by atoms with Crippen molar-refractivity contribution in [1.82, 2.24) is 9.88 Å². The summed E-state index contributed by atoms with van der Waals surface area (Å²) < 4.78 is 5.14. The van der Waals surface area contributed by atoms with Crippen molar-refractivity contribution in [2.75, 3.05) is 38.7 Å². The van der Waals surface area contributed by atoms with Crippen LogP contribution in [0.3, 0.4) is 0 Å². The smallest absolute Gasteiger partial charge is 0.295 e. The van der Waals surface area contributed by atoms with E-state index in [0.717, 1.165) is 55.9 Å². The van der Waals surface area contributed by atoms with E-state index in [1.807, 2.05) is 19.1 Å². The van der Waals surface area contributed by atoms with Crippen molar-refractivity contribution in [2.24, 2.45) is 0 Å². The highest BCUT2D eigenvalue weighted by Gasteiger charge is 2.21. The van der Waals surface area contributed by atoms with Crippen LogP contribution in [0.25, 0.3) is 10.9 Å². The molecule has 0 unspecified atom stereocenters. The van der Waals surface area contributed by atoms with E-state index in [0.29, 0.717) is 11.6 Å². The van der Waals surface area contributed by atoms with E-state index in [9.17, 15) is 10.1 Å². The molecule has 1 fully saturated rings. The number of hydrogen-bond acceptors (Lipinski definition) is 6. The number of aromatic nitrogens is 1. The molecule has 25 heavy (non-hydrogen) atoms. The molecule has 3 rings (SSSR count). The van der Waals surface area contributed by atoms with Gasteiger partial charge in [-0.3, -0.25) is 10.1 Å². The van der Waals surface area contributed by atoms with Gasteiger partial charge in [-0.1, -0.05) is 12.1 Å². The highest BCUT2D eigenvalue weighted by Crippen LogP contribution is 2.31. The molecular weight excluding hydrogens is 320 g/mol. The number of rotatable bonds is 6. The predicted octanol–water partition coefficient (Wildman–Crippen LogP) is 2.97. The van der Waals surface area contributed by atoms with E-state index >= 15 is 0 Å². The van der Waals surface area contributed by atoms with Crippen LogP contribution in [0.5, 0.6) is 0 Å². The molecule has 0 spiro atoms. The lowest BCUT2D eigenvalue weighted by molar-refractivity contribution is -0.383. The number of para-hydroxylation sites is 1. The fraction of sp³-hybridized carbons (Fsp3) is 0.500. The van der Waals surface area contributed by atoms with Crippen molar-refractivity contribution < 1.29 is 9.66 Å². The Labute approximate surface area is 147 Å². The average Bonchev–Trinajstić information content (AvgIpc) is 2.60. The maximum atomic E-state index is 11.3. The molecule has 1 aliphatic rings. The number of non-ortho nitro benzene ring substituents is 1. The maximum absolute atomic E-state index is 11.3. The monoisotopic (exact) mass is 344 g/mol. The minimum Gasteiger partial charge on any atom is -0.383 e. The van der Waals surface area contributed by atoms with Crippen LogP contribution in [0, 0.1) is 17.0 Å². The van der Waals surface area contributed by atoms with E-state index in [2.05, 4.69) is 15.2 Å². The first-order chi connectivity index (χ1) is 12.1. The molecule has 1 N–H and O–H groups in total. The topological polar surface area (TPSA) is 80.5 Å². The summed E-state index contributed by atoms with van der Waals surface area (Å²) in [5.41, 5.74) is 2.22. The van der Waals surface area contributed by atoms with Gasteiger partial charge in [0.2, 0.25) is 0 Å². The van der Waals surface area contributed by atoms with E-state index in [1.54, 1.807) is 13.2 Å². The molecule has 1 aromatic heterocycles. The fourth-order valence-electron chi connectivity index (χ4n) is 3.37. The zero-order chi connectivity index (χ0) is 17.8. The zero-order valence-electron chi connectivity index (χ0n) is 14.7. The van der Waals surface area contributed by atoms with Crippen molar-refractivity contribution in [2.45, 2.75) is 25.8 Å². The summed E-state index contributed by atoms with van der Waals surface area (Å²) in [6, 6.07) is 7.46. The van der Waals surface area contributed by atoms with Crippen LogP contribution >= 0.6 is 0 Å². The maximum Gasteiger partial charge on any atom is 0.295 e. The molecule has 2 heterocycles. The highest BCUT2D eigenvalue weighted by atomic mass is 16.6. The molecule has 1 saturated heterocycles. The summed E-state index contributed by atoms with van der Waals surface area (Å²) in [4.78, 5) is 17.7. The molecule has 1 aromatic carbocycles. The minimum absolute atomic E-state index is 0.0543. The van der Waals surface area contributed by atoms with E-state index in [4.69, 9.17) is 4.74 Å². The lowest BCUT2D eigenvalue weighted by atomic mass is 10.0. The summed E-state index contributed by atoms with van der Waals surface area (Å²) in [5, 5.41) is 15.7. The van der Waals surface area contributed by atoms with Gasteiger partial charge in [0, 0.05) is 55.6 Å². The number of ether oxygens (including phenoxy) is 1. The zero-order valence-corrected chi connectivity index (χ0v) is 14.7. The molecule has 7 nitrogen and oxygen atoms in total. The number of pyridine rings is 1. The number of anilines is 1. The molecule has 0 atom stereocenters. The van der Waals surface area contributed by atoms with Crippen LogP contribution < -0.4 is 5.32 Å². The van der Waals surface area contributed by atoms with Crippen molar-refractivity contribution in [1.29, 1.82) is 0 Å². The Morgan fingerprint density at radius 2 is 2.16 bits per heavy atom. The Hall–Kier alpha value is -2.25. The van der Waals surface area contributed by atoms with Crippen LogP contribution in [-0.2, 0) is 4.74 Å².